The molecule has 4 aromatic rings. The van der Waals surface area contributed by atoms with E-state index in [1.807, 2.05) is 79.7 Å². The van der Waals surface area contributed by atoms with Crippen molar-refractivity contribution in [3.8, 4) is 11.6 Å². The van der Waals surface area contributed by atoms with Crippen LogP contribution in [0.25, 0.3) is 5.69 Å². The molecule has 0 saturated carbocycles. The van der Waals surface area contributed by atoms with E-state index in [9.17, 15) is 14.9 Å². The minimum absolute atomic E-state index is 0.181. The van der Waals surface area contributed by atoms with Crippen LogP contribution in [0.1, 0.15) is 38.7 Å². The first-order chi connectivity index (χ1) is 15.9. The van der Waals surface area contributed by atoms with E-state index in [0.717, 1.165) is 11.1 Å². The number of esters is 1. The van der Waals surface area contributed by atoms with Crippen LogP contribution in [0.15, 0.2) is 84.9 Å². The molecular weight excluding hydrogens is 418 g/mol. The van der Waals surface area contributed by atoms with Gasteiger partial charge in [0.1, 0.15) is 0 Å². The van der Waals surface area contributed by atoms with Crippen LogP contribution in [-0.2, 0) is 0 Å². The molecule has 0 bridgehead atoms. The molecule has 0 aliphatic carbocycles. The van der Waals surface area contributed by atoms with Gasteiger partial charge in [0.2, 0.25) is 12.4 Å². The quantitative estimate of drug-likeness (QED) is 0.226. The minimum atomic E-state index is -0.639. The summed E-state index contributed by atoms with van der Waals surface area (Å²) < 4.78 is 7.44. The van der Waals surface area contributed by atoms with Crippen LogP contribution in [0.5, 0.6) is 5.88 Å². The second kappa shape index (κ2) is 9.48. The second-order valence-electron chi connectivity index (χ2n) is 7.79. The highest BCUT2D eigenvalue weighted by Gasteiger charge is 2.31. The number of nitrogens with zero attached hydrogens (tertiary/aromatic N) is 3. The second-order valence-corrected chi connectivity index (χ2v) is 7.79. The fraction of sp³-hybridized carbons (Fsp3) is 0.154. The highest BCUT2D eigenvalue weighted by atomic mass is 16.6. The van der Waals surface area contributed by atoms with Crippen molar-refractivity contribution in [2.45, 2.75) is 19.8 Å². The molecule has 33 heavy (non-hydrogen) atoms. The molecule has 0 unspecified atom stereocenters. The van der Waals surface area contributed by atoms with Crippen LogP contribution < -0.4 is 4.74 Å². The molecule has 1 heterocycles. The smallest absolute Gasteiger partial charge is 0.344 e. The summed E-state index contributed by atoms with van der Waals surface area (Å²) in [4.78, 5) is 24.3. The van der Waals surface area contributed by atoms with Crippen LogP contribution in [0.3, 0.4) is 0 Å². The lowest BCUT2D eigenvalue weighted by molar-refractivity contribution is -0.481. The molecule has 7 nitrogen and oxygen atoms in total. The third-order valence-electron chi connectivity index (χ3n) is 5.42. The largest absolute Gasteiger partial charge is 0.403 e. The molecule has 166 valence electrons. The van der Waals surface area contributed by atoms with Crippen molar-refractivity contribution in [1.82, 2.24) is 9.78 Å². The molecule has 4 rings (SSSR count). The van der Waals surface area contributed by atoms with Crippen LogP contribution in [-0.4, -0.2) is 27.2 Å². The molecule has 0 saturated heterocycles. The number of para-hydroxylation sites is 1. The van der Waals surface area contributed by atoms with E-state index in [-0.39, 0.29) is 17.3 Å². The van der Waals surface area contributed by atoms with Crippen LogP contribution >= 0.6 is 0 Å². The van der Waals surface area contributed by atoms with E-state index in [1.165, 1.54) is 4.68 Å². The van der Waals surface area contributed by atoms with Gasteiger partial charge >= 0.3 is 5.97 Å². The number of hydrogen-bond donors (Lipinski definition) is 0. The summed E-state index contributed by atoms with van der Waals surface area (Å²) in [5.41, 5.74) is 3.91. The van der Waals surface area contributed by atoms with E-state index in [0.29, 0.717) is 22.5 Å². The number of carbonyl (C=O) groups is 1. The predicted molar refractivity (Wildman–Crippen MR) is 125 cm³/mol. The van der Waals surface area contributed by atoms with Gasteiger partial charge in [-0.2, -0.15) is 5.10 Å². The molecule has 0 amide bonds. The van der Waals surface area contributed by atoms with Crippen molar-refractivity contribution in [2.24, 2.45) is 0 Å². The first-order valence-electron chi connectivity index (χ1n) is 10.5. The van der Waals surface area contributed by atoms with Crippen molar-refractivity contribution in [3.05, 3.63) is 123 Å². The SMILES string of the molecule is Cc1ccc(C(=O)Oc2c([C@@H](C[N+](=O)[O-])c3ccccc3)c(C)nn2-c2ccccc2)cc1. The third-order valence-corrected chi connectivity index (χ3v) is 5.42. The molecule has 0 aliphatic rings. The molecule has 0 fully saturated rings. The van der Waals surface area contributed by atoms with Gasteiger partial charge in [-0.1, -0.05) is 66.2 Å². The lowest BCUT2D eigenvalue weighted by atomic mass is 9.91. The molecule has 1 atom stereocenters. The van der Waals surface area contributed by atoms with E-state index >= 15 is 0 Å². The van der Waals surface area contributed by atoms with E-state index in [4.69, 9.17) is 4.74 Å². The Morgan fingerprint density at radius 2 is 1.58 bits per heavy atom. The highest BCUT2D eigenvalue weighted by molar-refractivity contribution is 5.91. The van der Waals surface area contributed by atoms with Gasteiger partial charge in [0.05, 0.1) is 28.4 Å². The predicted octanol–water partition coefficient (Wildman–Crippen LogP) is 5.12. The van der Waals surface area contributed by atoms with Crippen LogP contribution in [0.4, 0.5) is 0 Å². The Balaban J connectivity index is 1.87. The first kappa shape index (κ1) is 22.0. The zero-order chi connectivity index (χ0) is 23.4. The molecule has 3 aromatic carbocycles. The van der Waals surface area contributed by atoms with Crippen molar-refractivity contribution in [2.75, 3.05) is 6.54 Å². The first-order valence-corrected chi connectivity index (χ1v) is 10.5. The fourth-order valence-corrected chi connectivity index (χ4v) is 3.80. The number of benzene rings is 3. The van der Waals surface area contributed by atoms with Gasteiger partial charge in [0, 0.05) is 4.92 Å². The Morgan fingerprint density at radius 1 is 0.970 bits per heavy atom. The zero-order valence-corrected chi connectivity index (χ0v) is 18.3. The standard InChI is InChI=1S/C26H23N3O4/c1-18-13-15-21(16-14-18)26(30)33-25-24(19(2)27-29(25)22-11-7-4-8-12-22)23(17-28(31)32)20-9-5-3-6-10-20/h3-16,23H,17H2,1-2H3/t23-/m0/s1. The van der Waals surface area contributed by atoms with Crippen LogP contribution in [0, 0.1) is 24.0 Å². The fourth-order valence-electron chi connectivity index (χ4n) is 3.80. The number of hydrogen-bond acceptors (Lipinski definition) is 5. The van der Waals surface area contributed by atoms with E-state index < -0.39 is 11.9 Å². The Hall–Kier alpha value is -4.26. The topological polar surface area (TPSA) is 87.3 Å². The lowest BCUT2D eigenvalue weighted by Crippen LogP contribution is -2.18. The van der Waals surface area contributed by atoms with Gasteiger partial charge in [-0.3, -0.25) is 10.1 Å². The Kier molecular flexibility index (Phi) is 6.31. The highest BCUT2D eigenvalue weighted by Crippen LogP contribution is 2.37. The average Bonchev–Trinajstić information content (AvgIpc) is 3.14. The number of ether oxygens (including phenoxy) is 1. The van der Waals surface area contributed by atoms with Gasteiger partial charge in [0.25, 0.3) is 0 Å². The minimum Gasteiger partial charge on any atom is -0.403 e. The summed E-state index contributed by atoms with van der Waals surface area (Å²) in [6.45, 7) is 3.34. The Labute approximate surface area is 191 Å². The van der Waals surface area contributed by atoms with Crippen molar-refractivity contribution >= 4 is 5.97 Å². The van der Waals surface area contributed by atoms with Crippen molar-refractivity contribution in [3.63, 3.8) is 0 Å². The summed E-state index contributed by atoms with van der Waals surface area (Å²) in [5.74, 6) is -1.01. The number of aromatic nitrogens is 2. The molecule has 0 radical (unpaired) electrons. The van der Waals surface area contributed by atoms with E-state index in [2.05, 4.69) is 5.10 Å². The third kappa shape index (κ3) is 4.82. The number of carbonyl (C=O) groups excluding carboxylic acids is 1. The van der Waals surface area contributed by atoms with Crippen LogP contribution in [0.2, 0.25) is 0 Å². The van der Waals surface area contributed by atoms with E-state index in [1.54, 1.807) is 19.1 Å². The number of aryl methyl sites for hydroxylation is 2. The van der Waals surface area contributed by atoms with Gasteiger partial charge in [0.15, 0.2) is 0 Å². The zero-order valence-electron chi connectivity index (χ0n) is 18.3. The summed E-state index contributed by atoms with van der Waals surface area (Å²) >= 11 is 0. The maximum absolute atomic E-state index is 13.1. The normalized spacial score (nSPS) is 11.7. The summed E-state index contributed by atoms with van der Waals surface area (Å²) in [5, 5.41) is 16.2. The van der Waals surface area contributed by atoms with Crippen molar-refractivity contribution in [1.29, 1.82) is 0 Å². The summed E-state index contributed by atoms with van der Waals surface area (Å²) in [7, 11) is 0. The summed E-state index contributed by atoms with van der Waals surface area (Å²) in [6.07, 6.45) is 0. The molecule has 7 heteroatoms. The summed E-state index contributed by atoms with van der Waals surface area (Å²) in [6, 6.07) is 25.5. The molecule has 0 spiro atoms. The maximum Gasteiger partial charge on any atom is 0.344 e. The maximum atomic E-state index is 13.1. The number of nitro groups is 1. The van der Waals surface area contributed by atoms with Gasteiger partial charge in [-0.05, 0) is 43.7 Å². The molecule has 0 N–H and O–H groups in total. The van der Waals surface area contributed by atoms with Gasteiger partial charge < -0.3 is 4.74 Å². The molecular formula is C26H23N3O4. The van der Waals surface area contributed by atoms with Crippen molar-refractivity contribution < 1.29 is 14.5 Å². The Bertz CT molecular complexity index is 1270. The molecule has 1 aromatic heterocycles. The average molecular weight is 441 g/mol. The molecule has 0 aliphatic heterocycles. The van der Waals surface area contributed by atoms with Gasteiger partial charge in [-0.25, -0.2) is 9.48 Å². The monoisotopic (exact) mass is 441 g/mol. The lowest BCUT2D eigenvalue weighted by Gasteiger charge is -2.16. The Morgan fingerprint density at radius 3 is 2.18 bits per heavy atom. The number of rotatable bonds is 7. The van der Waals surface area contributed by atoms with Gasteiger partial charge in [-0.15, -0.1) is 0 Å².